The first kappa shape index (κ1) is 18.9. The first-order valence-corrected chi connectivity index (χ1v) is 8.57. The van der Waals surface area contributed by atoms with Gasteiger partial charge in [0.05, 0.1) is 0 Å². The van der Waals surface area contributed by atoms with Gasteiger partial charge in [-0.2, -0.15) is 0 Å². The Morgan fingerprint density at radius 1 is 1.15 bits per heavy atom. The molecule has 0 radical (unpaired) electrons. The minimum Gasteiger partial charge on any atom is -0.406 e. The number of likely N-dealkylation sites (tertiary alicyclic amines) is 1. The van der Waals surface area contributed by atoms with Crippen LogP contribution in [0.1, 0.15) is 35.3 Å². The topological polar surface area (TPSA) is 67.3 Å². The van der Waals surface area contributed by atoms with Crippen LogP contribution in [0.3, 0.4) is 0 Å². The number of hydrogen-bond donors (Lipinski definition) is 1. The van der Waals surface area contributed by atoms with Crippen molar-refractivity contribution in [2.75, 3.05) is 18.4 Å². The molecule has 27 heavy (non-hydrogen) atoms. The molecule has 1 amide bonds. The van der Waals surface area contributed by atoms with Gasteiger partial charge in [0.1, 0.15) is 23.1 Å². The summed E-state index contributed by atoms with van der Waals surface area (Å²) in [5, 5.41) is 2.82. The summed E-state index contributed by atoms with van der Waals surface area (Å²) in [6.07, 6.45) is -0.538. The molecule has 6 nitrogen and oxygen atoms in total. The molecular formula is C18H19F3N4O2. The molecule has 9 heteroatoms. The lowest BCUT2D eigenvalue weighted by Gasteiger charge is -2.27. The van der Waals surface area contributed by atoms with E-state index in [1.165, 1.54) is 6.20 Å². The zero-order valence-electron chi connectivity index (χ0n) is 14.7. The van der Waals surface area contributed by atoms with Gasteiger partial charge in [0, 0.05) is 25.4 Å². The molecule has 0 aliphatic carbocycles. The lowest BCUT2D eigenvalue weighted by Crippen LogP contribution is -2.36. The molecule has 1 saturated heterocycles. The van der Waals surface area contributed by atoms with Crippen LogP contribution >= 0.6 is 0 Å². The summed E-state index contributed by atoms with van der Waals surface area (Å²) < 4.78 is 40.9. The SMILES string of the molecule is Cc1ccc(Nc2cc(OC(F)(F)F)ccn2)nc1C(=O)N1CCCCC1. The van der Waals surface area contributed by atoms with E-state index in [9.17, 15) is 18.0 Å². The fraction of sp³-hybridized carbons (Fsp3) is 0.389. The number of hydrogen-bond acceptors (Lipinski definition) is 5. The van der Waals surface area contributed by atoms with E-state index in [0.717, 1.165) is 37.0 Å². The highest BCUT2D eigenvalue weighted by atomic mass is 19.4. The number of alkyl halides is 3. The number of carbonyl (C=O) groups excluding carboxylic acids is 1. The van der Waals surface area contributed by atoms with Gasteiger partial charge in [0.25, 0.3) is 5.91 Å². The summed E-state index contributed by atoms with van der Waals surface area (Å²) in [7, 11) is 0. The lowest BCUT2D eigenvalue weighted by atomic mass is 10.1. The van der Waals surface area contributed by atoms with Gasteiger partial charge in [0.15, 0.2) is 0 Å². The molecule has 3 heterocycles. The number of carbonyl (C=O) groups is 1. The maximum absolute atomic E-state index is 12.7. The third kappa shape index (κ3) is 5.08. The Kier molecular flexibility index (Phi) is 5.48. The Morgan fingerprint density at radius 2 is 1.89 bits per heavy atom. The average Bonchev–Trinajstić information content (AvgIpc) is 2.62. The summed E-state index contributed by atoms with van der Waals surface area (Å²) in [5.41, 5.74) is 1.06. The molecule has 2 aromatic rings. The summed E-state index contributed by atoms with van der Waals surface area (Å²) in [5.74, 6) is -0.0863. The van der Waals surface area contributed by atoms with Gasteiger partial charge in [-0.3, -0.25) is 4.79 Å². The molecule has 0 aromatic carbocycles. The highest BCUT2D eigenvalue weighted by Crippen LogP contribution is 2.25. The van der Waals surface area contributed by atoms with Gasteiger partial charge in [-0.25, -0.2) is 9.97 Å². The Balaban J connectivity index is 1.78. The largest absolute Gasteiger partial charge is 0.573 e. The molecule has 144 valence electrons. The number of nitrogens with zero attached hydrogens (tertiary/aromatic N) is 3. The minimum absolute atomic E-state index is 0.129. The number of piperidine rings is 1. The van der Waals surface area contributed by atoms with Crippen molar-refractivity contribution in [2.45, 2.75) is 32.5 Å². The van der Waals surface area contributed by atoms with Gasteiger partial charge in [-0.05, 0) is 43.9 Å². The van der Waals surface area contributed by atoms with Crippen molar-refractivity contribution >= 4 is 17.5 Å². The molecule has 3 rings (SSSR count). The predicted octanol–water partition coefficient (Wildman–Crippen LogP) is 4.05. The number of amides is 1. The maximum Gasteiger partial charge on any atom is 0.573 e. The van der Waals surface area contributed by atoms with E-state index in [-0.39, 0.29) is 11.7 Å². The van der Waals surface area contributed by atoms with Gasteiger partial charge in [0.2, 0.25) is 0 Å². The van der Waals surface area contributed by atoms with Crippen LogP contribution in [0, 0.1) is 6.92 Å². The normalized spacial score (nSPS) is 14.7. The molecule has 0 atom stereocenters. The Bertz CT molecular complexity index is 820. The van der Waals surface area contributed by atoms with Crippen LogP contribution in [0.4, 0.5) is 24.8 Å². The molecule has 0 bridgehead atoms. The van der Waals surface area contributed by atoms with E-state index in [2.05, 4.69) is 20.0 Å². The minimum atomic E-state index is -4.78. The van der Waals surface area contributed by atoms with E-state index in [0.29, 0.717) is 24.6 Å². The van der Waals surface area contributed by atoms with Gasteiger partial charge >= 0.3 is 6.36 Å². The van der Waals surface area contributed by atoms with Crippen molar-refractivity contribution in [1.82, 2.24) is 14.9 Å². The van der Waals surface area contributed by atoms with Crippen LogP contribution in [0.25, 0.3) is 0 Å². The van der Waals surface area contributed by atoms with Crippen LogP contribution < -0.4 is 10.1 Å². The summed E-state index contributed by atoms with van der Waals surface area (Å²) in [6, 6.07) is 5.59. The van der Waals surface area contributed by atoms with Crippen LogP contribution in [0.2, 0.25) is 0 Å². The van der Waals surface area contributed by atoms with Crippen LogP contribution in [0.15, 0.2) is 30.5 Å². The Morgan fingerprint density at radius 3 is 2.59 bits per heavy atom. The van der Waals surface area contributed by atoms with Crippen molar-refractivity contribution in [3.63, 3.8) is 0 Å². The fourth-order valence-electron chi connectivity index (χ4n) is 2.87. The van der Waals surface area contributed by atoms with E-state index in [1.807, 2.05) is 0 Å². The standard InChI is InChI=1S/C18H19F3N4O2/c1-12-5-6-14(24-16(12)17(26)25-9-3-2-4-10-25)23-15-11-13(7-8-22-15)27-18(19,20)21/h5-8,11H,2-4,9-10H2,1H3,(H,22,23,24). The summed E-state index contributed by atoms with van der Waals surface area (Å²) >= 11 is 0. The van der Waals surface area contributed by atoms with Gasteiger partial charge in [-0.15, -0.1) is 13.2 Å². The highest BCUT2D eigenvalue weighted by Gasteiger charge is 2.31. The number of aromatic nitrogens is 2. The second-order valence-corrected chi connectivity index (χ2v) is 6.26. The number of aryl methyl sites for hydroxylation is 1. The maximum atomic E-state index is 12.7. The third-order valence-corrected chi connectivity index (χ3v) is 4.16. The Hall–Kier alpha value is -2.84. The van der Waals surface area contributed by atoms with Crippen molar-refractivity contribution in [1.29, 1.82) is 0 Å². The summed E-state index contributed by atoms with van der Waals surface area (Å²) in [4.78, 5) is 22.8. The van der Waals surface area contributed by atoms with E-state index in [1.54, 1.807) is 24.0 Å². The molecule has 1 aliphatic rings. The molecule has 2 aromatic heterocycles. The van der Waals surface area contributed by atoms with E-state index < -0.39 is 12.1 Å². The van der Waals surface area contributed by atoms with Gasteiger partial charge in [-0.1, -0.05) is 6.07 Å². The predicted molar refractivity (Wildman–Crippen MR) is 92.9 cm³/mol. The van der Waals surface area contributed by atoms with Crippen molar-refractivity contribution in [3.05, 3.63) is 41.7 Å². The molecule has 1 N–H and O–H groups in total. The first-order chi connectivity index (χ1) is 12.8. The zero-order valence-corrected chi connectivity index (χ0v) is 14.7. The first-order valence-electron chi connectivity index (χ1n) is 8.57. The second-order valence-electron chi connectivity index (χ2n) is 6.26. The number of nitrogens with one attached hydrogen (secondary N) is 1. The third-order valence-electron chi connectivity index (χ3n) is 4.16. The molecule has 1 aliphatic heterocycles. The van der Waals surface area contributed by atoms with E-state index in [4.69, 9.17) is 0 Å². The number of halogens is 3. The molecule has 0 saturated carbocycles. The molecule has 0 unspecified atom stereocenters. The van der Waals surface area contributed by atoms with Crippen molar-refractivity contribution < 1.29 is 22.7 Å². The van der Waals surface area contributed by atoms with Crippen molar-refractivity contribution in [2.24, 2.45) is 0 Å². The number of ether oxygens (including phenoxy) is 1. The number of rotatable bonds is 4. The highest BCUT2D eigenvalue weighted by molar-refractivity contribution is 5.94. The molecule has 0 spiro atoms. The van der Waals surface area contributed by atoms with E-state index >= 15 is 0 Å². The number of anilines is 2. The monoisotopic (exact) mass is 380 g/mol. The average molecular weight is 380 g/mol. The fourth-order valence-corrected chi connectivity index (χ4v) is 2.87. The van der Waals surface area contributed by atoms with Crippen molar-refractivity contribution in [3.8, 4) is 5.75 Å². The molecule has 1 fully saturated rings. The molecular weight excluding hydrogens is 361 g/mol. The quantitative estimate of drug-likeness (QED) is 0.867. The number of pyridine rings is 2. The lowest BCUT2D eigenvalue weighted by molar-refractivity contribution is -0.274. The van der Waals surface area contributed by atoms with Crippen LogP contribution in [-0.2, 0) is 0 Å². The zero-order chi connectivity index (χ0) is 19.4. The van der Waals surface area contributed by atoms with Crippen LogP contribution in [0.5, 0.6) is 5.75 Å². The smallest absolute Gasteiger partial charge is 0.406 e. The second kappa shape index (κ2) is 7.81. The van der Waals surface area contributed by atoms with Gasteiger partial charge < -0.3 is 15.0 Å². The van der Waals surface area contributed by atoms with Crippen LogP contribution in [-0.4, -0.2) is 40.2 Å². The Labute approximate surface area is 154 Å². The summed E-state index contributed by atoms with van der Waals surface area (Å²) in [6.45, 7) is 3.20.